The molecule has 0 bridgehead atoms. The highest BCUT2D eigenvalue weighted by atomic mass is 19.1. The number of carbonyl (C=O) groups excluding carboxylic acids is 2. The van der Waals surface area contributed by atoms with Crippen LogP contribution in [0.5, 0.6) is 0 Å². The molecule has 0 aliphatic heterocycles. The van der Waals surface area contributed by atoms with E-state index >= 15 is 0 Å². The first-order chi connectivity index (χ1) is 14.1. The van der Waals surface area contributed by atoms with Gasteiger partial charge in [-0.05, 0) is 60.0 Å². The summed E-state index contributed by atoms with van der Waals surface area (Å²) in [6.45, 7) is 0. The Kier molecular flexibility index (Phi) is 5.11. The van der Waals surface area contributed by atoms with Gasteiger partial charge in [0.25, 0.3) is 0 Å². The van der Waals surface area contributed by atoms with Crippen LogP contribution in [0.25, 0.3) is 22.2 Å². The van der Waals surface area contributed by atoms with Gasteiger partial charge in [-0.2, -0.15) is 0 Å². The van der Waals surface area contributed by atoms with Gasteiger partial charge in [0.05, 0.1) is 6.26 Å². The van der Waals surface area contributed by atoms with E-state index < -0.39 is 5.91 Å². The van der Waals surface area contributed by atoms with Crippen LogP contribution in [-0.2, 0) is 11.2 Å². The van der Waals surface area contributed by atoms with Gasteiger partial charge in [0, 0.05) is 23.0 Å². The van der Waals surface area contributed by atoms with E-state index in [2.05, 4.69) is 15.8 Å². The van der Waals surface area contributed by atoms with Crippen LogP contribution in [0, 0.1) is 5.82 Å². The summed E-state index contributed by atoms with van der Waals surface area (Å²) in [4.78, 5) is 27.4. The van der Waals surface area contributed by atoms with Crippen LogP contribution in [-0.4, -0.2) is 16.8 Å². The number of nitrogens with one attached hydrogen (secondary N) is 3. The van der Waals surface area contributed by atoms with Crippen LogP contribution in [0.4, 0.5) is 4.39 Å². The highest BCUT2D eigenvalue weighted by molar-refractivity contribution is 5.93. The Morgan fingerprint density at radius 2 is 1.76 bits per heavy atom. The monoisotopic (exact) mass is 391 g/mol. The first kappa shape index (κ1) is 18.5. The van der Waals surface area contributed by atoms with Crippen molar-refractivity contribution >= 4 is 22.7 Å². The summed E-state index contributed by atoms with van der Waals surface area (Å²) in [7, 11) is 0. The highest BCUT2D eigenvalue weighted by Gasteiger charge is 2.15. The maximum absolute atomic E-state index is 13.3. The van der Waals surface area contributed by atoms with Gasteiger partial charge < -0.3 is 9.40 Å². The maximum Gasteiger partial charge on any atom is 0.305 e. The van der Waals surface area contributed by atoms with Crippen LogP contribution in [0.15, 0.2) is 71.3 Å². The number of hydrazine groups is 1. The van der Waals surface area contributed by atoms with E-state index in [0.29, 0.717) is 6.42 Å². The molecule has 0 aliphatic rings. The minimum Gasteiger partial charge on any atom is -0.459 e. The SMILES string of the molecule is O=C(CCc1c(-c2ccc(F)cc2)[nH]c2ccccc12)NNC(=O)c1ccco1. The number of benzene rings is 2. The van der Waals surface area contributed by atoms with Crippen LogP contribution >= 0.6 is 0 Å². The second kappa shape index (κ2) is 8.02. The van der Waals surface area contributed by atoms with Gasteiger partial charge in [0.2, 0.25) is 5.91 Å². The van der Waals surface area contributed by atoms with Crippen LogP contribution < -0.4 is 10.9 Å². The van der Waals surface area contributed by atoms with Crippen molar-refractivity contribution in [2.45, 2.75) is 12.8 Å². The number of carbonyl (C=O) groups is 2. The number of amides is 2. The Bertz CT molecular complexity index is 1150. The Morgan fingerprint density at radius 1 is 0.966 bits per heavy atom. The molecule has 2 heterocycles. The van der Waals surface area contributed by atoms with Crippen molar-refractivity contribution in [3.63, 3.8) is 0 Å². The summed E-state index contributed by atoms with van der Waals surface area (Å²) >= 11 is 0. The largest absolute Gasteiger partial charge is 0.459 e. The third-order valence-corrected chi connectivity index (χ3v) is 4.61. The standard InChI is InChI=1S/C22H18FN3O3/c23-15-9-7-14(8-10-15)21-17(16-4-1-2-5-18(16)24-21)11-12-20(27)25-26-22(28)19-6-3-13-29-19/h1-10,13,24H,11-12H2,(H,25,27)(H,26,28). The van der Waals surface area contributed by atoms with Crippen molar-refractivity contribution < 1.29 is 18.4 Å². The van der Waals surface area contributed by atoms with Gasteiger partial charge in [-0.3, -0.25) is 20.4 Å². The number of aromatic nitrogens is 1. The van der Waals surface area contributed by atoms with Crippen molar-refractivity contribution in [1.29, 1.82) is 0 Å². The van der Waals surface area contributed by atoms with Crippen molar-refractivity contribution in [1.82, 2.24) is 15.8 Å². The molecular formula is C22H18FN3O3. The van der Waals surface area contributed by atoms with Crippen molar-refractivity contribution in [2.75, 3.05) is 0 Å². The smallest absolute Gasteiger partial charge is 0.305 e. The first-order valence-corrected chi connectivity index (χ1v) is 9.10. The molecular weight excluding hydrogens is 373 g/mol. The fourth-order valence-electron chi connectivity index (χ4n) is 3.22. The Labute approximate surface area is 165 Å². The van der Waals surface area contributed by atoms with Crippen LogP contribution in [0.3, 0.4) is 0 Å². The Balaban J connectivity index is 1.49. The van der Waals surface area contributed by atoms with E-state index in [1.54, 1.807) is 18.2 Å². The molecule has 0 saturated carbocycles. The molecule has 0 atom stereocenters. The molecule has 4 rings (SSSR count). The number of aryl methyl sites for hydroxylation is 1. The summed E-state index contributed by atoms with van der Waals surface area (Å²) in [5.74, 6) is -1.05. The lowest BCUT2D eigenvalue weighted by molar-refractivity contribution is -0.121. The highest BCUT2D eigenvalue weighted by Crippen LogP contribution is 2.31. The molecule has 0 aliphatic carbocycles. The Morgan fingerprint density at radius 3 is 2.52 bits per heavy atom. The van der Waals surface area contributed by atoms with E-state index in [0.717, 1.165) is 27.7 Å². The zero-order valence-electron chi connectivity index (χ0n) is 15.4. The third-order valence-electron chi connectivity index (χ3n) is 4.61. The molecule has 0 radical (unpaired) electrons. The van der Waals surface area contributed by atoms with Crippen molar-refractivity contribution in [3.05, 3.63) is 84.1 Å². The van der Waals surface area contributed by atoms with Gasteiger partial charge in [-0.25, -0.2) is 4.39 Å². The third kappa shape index (κ3) is 4.03. The molecule has 0 saturated heterocycles. The van der Waals surface area contributed by atoms with E-state index in [1.165, 1.54) is 24.5 Å². The molecule has 4 aromatic rings. The molecule has 2 amide bonds. The van der Waals surface area contributed by atoms with E-state index in [4.69, 9.17) is 4.42 Å². The van der Waals surface area contributed by atoms with E-state index in [-0.39, 0.29) is 23.9 Å². The Hall–Kier alpha value is -3.87. The fourth-order valence-corrected chi connectivity index (χ4v) is 3.22. The molecule has 2 aromatic carbocycles. The number of aromatic amines is 1. The number of hydrogen-bond donors (Lipinski definition) is 3. The van der Waals surface area contributed by atoms with Gasteiger partial charge in [0.1, 0.15) is 5.82 Å². The minimum atomic E-state index is -0.526. The lowest BCUT2D eigenvalue weighted by Gasteiger charge is -2.08. The summed E-state index contributed by atoms with van der Waals surface area (Å²) in [6, 6.07) is 17.1. The summed E-state index contributed by atoms with van der Waals surface area (Å²) in [6.07, 6.45) is 1.98. The zero-order valence-corrected chi connectivity index (χ0v) is 15.4. The molecule has 0 unspecified atom stereocenters. The minimum absolute atomic E-state index is 0.112. The van der Waals surface area contributed by atoms with E-state index in [1.807, 2.05) is 24.3 Å². The van der Waals surface area contributed by atoms with Crippen molar-refractivity contribution in [2.24, 2.45) is 0 Å². The first-order valence-electron chi connectivity index (χ1n) is 9.10. The molecule has 3 N–H and O–H groups in total. The summed E-state index contributed by atoms with van der Waals surface area (Å²) < 4.78 is 18.3. The predicted molar refractivity (Wildman–Crippen MR) is 106 cm³/mol. The van der Waals surface area contributed by atoms with Crippen LogP contribution in [0.1, 0.15) is 22.5 Å². The molecule has 0 fully saturated rings. The summed E-state index contributed by atoms with van der Waals surface area (Å²) in [5.41, 5.74) is 8.29. The molecule has 29 heavy (non-hydrogen) atoms. The lowest BCUT2D eigenvalue weighted by Crippen LogP contribution is -2.41. The fraction of sp³-hybridized carbons (Fsp3) is 0.0909. The quantitative estimate of drug-likeness (QED) is 0.450. The molecule has 7 heteroatoms. The molecule has 6 nitrogen and oxygen atoms in total. The van der Waals surface area contributed by atoms with Gasteiger partial charge in [-0.15, -0.1) is 0 Å². The average Bonchev–Trinajstić information content (AvgIpc) is 3.39. The number of rotatable bonds is 5. The van der Waals surface area contributed by atoms with Crippen LogP contribution in [0.2, 0.25) is 0 Å². The number of fused-ring (bicyclic) bond motifs is 1. The normalized spacial score (nSPS) is 10.8. The summed E-state index contributed by atoms with van der Waals surface area (Å²) in [5, 5.41) is 0.999. The van der Waals surface area contributed by atoms with Gasteiger partial charge >= 0.3 is 5.91 Å². The number of furan rings is 1. The second-order valence-electron chi connectivity index (χ2n) is 6.51. The predicted octanol–water partition coefficient (Wildman–Crippen LogP) is 3.96. The number of para-hydroxylation sites is 1. The lowest BCUT2D eigenvalue weighted by atomic mass is 10.0. The maximum atomic E-state index is 13.3. The zero-order chi connectivity index (χ0) is 20.2. The molecule has 146 valence electrons. The number of H-pyrrole nitrogens is 1. The van der Waals surface area contributed by atoms with Gasteiger partial charge in [0.15, 0.2) is 5.76 Å². The molecule has 2 aromatic heterocycles. The number of halogens is 1. The average molecular weight is 391 g/mol. The van der Waals surface area contributed by atoms with E-state index in [9.17, 15) is 14.0 Å². The molecule has 0 spiro atoms. The topological polar surface area (TPSA) is 87.1 Å². The number of hydrogen-bond acceptors (Lipinski definition) is 3. The second-order valence-corrected chi connectivity index (χ2v) is 6.51. The van der Waals surface area contributed by atoms with Gasteiger partial charge in [-0.1, -0.05) is 18.2 Å². The van der Waals surface area contributed by atoms with Crippen molar-refractivity contribution in [3.8, 4) is 11.3 Å².